The Kier molecular flexibility index (Phi) is 5.39. The first-order valence-electron chi connectivity index (χ1n) is 7.20. The Labute approximate surface area is 117 Å². The normalized spacial score (nSPS) is 25.5. The van der Waals surface area contributed by atoms with Gasteiger partial charge >= 0.3 is 5.97 Å². The molecule has 0 bridgehead atoms. The van der Waals surface area contributed by atoms with E-state index < -0.39 is 11.6 Å². The molecule has 0 aromatic heterocycles. The Bertz CT molecular complexity index is 307. The SMILES string of the molecule is COC(=O)C(C)(O)CN1CCCC(C(C)(C)C)CC1. The molecule has 0 amide bonds. The fraction of sp³-hybridized carbons (Fsp3) is 0.933. The molecule has 1 saturated heterocycles. The van der Waals surface area contributed by atoms with Crippen molar-refractivity contribution < 1.29 is 14.6 Å². The van der Waals surface area contributed by atoms with Gasteiger partial charge in [0.2, 0.25) is 0 Å². The van der Waals surface area contributed by atoms with Crippen molar-refractivity contribution in [3.05, 3.63) is 0 Å². The molecule has 0 aromatic rings. The number of nitrogens with zero attached hydrogens (tertiary/aromatic N) is 1. The number of carbonyl (C=O) groups is 1. The van der Waals surface area contributed by atoms with Gasteiger partial charge in [-0.05, 0) is 50.6 Å². The summed E-state index contributed by atoms with van der Waals surface area (Å²) in [6.45, 7) is 10.6. The molecule has 1 aliphatic heterocycles. The summed E-state index contributed by atoms with van der Waals surface area (Å²) in [5, 5.41) is 10.1. The van der Waals surface area contributed by atoms with Crippen LogP contribution < -0.4 is 0 Å². The van der Waals surface area contributed by atoms with Crippen molar-refractivity contribution in [2.75, 3.05) is 26.7 Å². The summed E-state index contributed by atoms with van der Waals surface area (Å²) in [7, 11) is 1.31. The Morgan fingerprint density at radius 3 is 2.42 bits per heavy atom. The third-order valence-electron chi connectivity index (χ3n) is 4.20. The molecule has 0 saturated carbocycles. The van der Waals surface area contributed by atoms with E-state index in [9.17, 15) is 9.90 Å². The summed E-state index contributed by atoms with van der Waals surface area (Å²) in [4.78, 5) is 13.7. The molecule has 0 spiro atoms. The minimum atomic E-state index is -1.41. The Morgan fingerprint density at radius 2 is 1.89 bits per heavy atom. The second-order valence-corrected chi connectivity index (χ2v) is 7.04. The van der Waals surface area contributed by atoms with Gasteiger partial charge in [0.25, 0.3) is 0 Å². The maximum Gasteiger partial charge on any atom is 0.338 e. The van der Waals surface area contributed by atoms with Crippen molar-refractivity contribution in [1.82, 2.24) is 4.90 Å². The lowest BCUT2D eigenvalue weighted by atomic mass is 9.77. The monoisotopic (exact) mass is 271 g/mol. The number of likely N-dealkylation sites (tertiary alicyclic amines) is 1. The maximum atomic E-state index is 11.5. The van der Waals surface area contributed by atoms with Crippen LogP contribution in [0.3, 0.4) is 0 Å². The summed E-state index contributed by atoms with van der Waals surface area (Å²) in [5.41, 5.74) is -1.07. The number of ether oxygens (including phenoxy) is 1. The third kappa shape index (κ3) is 4.77. The molecule has 0 aliphatic carbocycles. The zero-order valence-corrected chi connectivity index (χ0v) is 13.0. The fourth-order valence-corrected chi connectivity index (χ4v) is 2.90. The number of β-amino-alcohol motifs (C(OH)–C–C–N with tert-alkyl or cyclic N) is 1. The molecule has 2 unspecified atom stereocenters. The molecule has 19 heavy (non-hydrogen) atoms. The average Bonchev–Trinajstić information content (AvgIpc) is 2.52. The van der Waals surface area contributed by atoms with E-state index in [1.807, 2.05) is 0 Å². The smallest absolute Gasteiger partial charge is 0.338 e. The predicted octanol–water partition coefficient (Wildman–Crippen LogP) is 2.06. The molecule has 0 aromatic carbocycles. The van der Waals surface area contributed by atoms with Gasteiger partial charge in [-0.15, -0.1) is 0 Å². The number of rotatable bonds is 3. The first-order valence-corrected chi connectivity index (χ1v) is 7.20. The molecule has 1 fully saturated rings. The molecule has 4 heteroatoms. The van der Waals surface area contributed by atoms with E-state index in [-0.39, 0.29) is 0 Å². The van der Waals surface area contributed by atoms with Crippen LogP contribution in [-0.4, -0.2) is 48.3 Å². The molecular weight excluding hydrogens is 242 g/mol. The van der Waals surface area contributed by atoms with Crippen molar-refractivity contribution in [1.29, 1.82) is 0 Å². The lowest BCUT2D eigenvalue weighted by Crippen LogP contribution is -2.47. The molecule has 0 radical (unpaired) electrons. The number of hydrogen-bond donors (Lipinski definition) is 1. The second kappa shape index (κ2) is 6.23. The quantitative estimate of drug-likeness (QED) is 0.798. The van der Waals surface area contributed by atoms with Crippen LogP contribution in [0.25, 0.3) is 0 Å². The number of methoxy groups -OCH3 is 1. The molecule has 2 atom stereocenters. The van der Waals surface area contributed by atoms with E-state index >= 15 is 0 Å². The minimum absolute atomic E-state index is 0.334. The molecule has 1 aliphatic rings. The van der Waals surface area contributed by atoms with Crippen LogP contribution in [0.15, 0.2) is 0 Å². The lowest BCUT2D eigenvalue weighted by molar-refractivity contribution is -0.162. The summed E-state index contributed by atoms with van der Waals surface area (Å²) >= 11 is 0. The summed E-state index contributed by atoms with van der Waals surface area (Å²) in [6.07, 6.45) is 3.47. The van der Waals surface area contributed by atoms with E-state index in [2.05, 4.69) is 30.4 Å². The lowest BCUT2D eigenvalue weighted by Gasteiger charge is -2.31. The van der Waals surface area contributed by atoms with Gasteiger partial charge in [-0.1, -0.05) is 20.8 Å². The van der Waals surface area contributed by atoms with Gasteiger partial charge in [-0.3, -0.25) is 4.90 Å². The van der Waals surface area contributed by atoms with Gasteiger partial charge in [0.15, 0.2) is 5.60 Å². The van der Waals surface area contributed by atoms with Crippen LogP contribution in [0.1, 0.15) is 47.0 Å². The second-order valence-electron chi connectivity index (χ2n) is 7.04. The summed E-state index contributed by atoms with van der Waals surface area (Å²) in [6, 6.07) is 0. The van der Waals surface area contributed by atoms with Crippen LogP contribution >= 0.6 is 0 Å². The highest BCUT2D eigenvalue weighted by molar-refractivity contribution is 5.78. The highest BCUT2D eigenvalue weighted by atomic mass is 16.5. The number of carbonyl (C=O) groups excluding carboxylic acids is 1. The van der Waals surface area contributed by atoms with E-state index in [1.54, 1.807) is 0 Å². The Morgan fingerprint density at radius 1 is 1.26 bits per heavy atom. The van der Waals surface area contributed by atoms with Gasteiger partial charge in [-0.25, -0.2) is 4.79 Å². The largest absolute Gasteiger partial charge is 0.467 e. The van der Waals surface area contributed by atoms with Crippen LogP contribution in [-0.2, 0) is 9.53 Å². The first-order chi connectivity index (χ1) is 8.66. The van der Waals surface area contributed by atoms with Crippen molar-refractivity contribution in [3.8, 4) is 0 Å². The predicted molar refractivity (Wildman–Crippen MR) is 75.9 cm³/mol. The molecule has 1 N–H and O–H groups in total. The van der Waals surface area contributed by atoms with E-state index in [0.29, 0.717) is 17.9 Å². The molecule has 112 valence electrons. The molecular formula is C15H29NO3. The van der Waals surface area contributed by atoms with Gasteiger partial charge in [0.1, 0.15) is 0 Å². The van der Waals surface area contributed by atoms with Gasteiger partial charge in [0.05, 0.1) is 7.11 Å². The molecule has 1 rings (SSSR count). The van der Waals surface area contributed by atoms with Crippen LogP contribution in [0.5, 0.6) is 0 Å². The van der Waals surface area contributed by atoms with Crippen molar-refractivity contribution >= 4 is 5.97 Å². The highest BCUT2D eigenvalue weighted by Gasteiger charge is 2.35. The number of hydrogen-bond acceptors (Lipinski definition) is 4. The van der Waals surface area contributed by atoms with Crippen molar-refractivity contribution in [2.45, 2.75) is 52.6 Å². The standard InChI is InChI=1S/C15H29NO3/c1-14(2,3)12-7-6-9-16(10-8-12)11-15(4,18)13(17)19-5/h12,18H,6-11H2,1-5H3. The highest BCUT2D eigenvalue weighted by Crippen LogP contribution is 2.34. The molecule has 4 nitrogen and oxygen atoms in total. The van der Waals surface area contributed by atoms with E-state index in [1.165, 1.54) is 20.5 Å². The van der Waals surface area contributed by atoms with E-state index in [4.69, 9.17) is 0 Å². The Hall–Kier alpha value is -0.610. The zero-order chi connectivity index (χ0) is 14.7. The van der Waals surface area contributed by atoms with Crippen LogP contribution in [0, 0.1) is 11.3 Å². The Balaban J connectivity index is 2.56. The van der Waals surface area contributed by atoms with Crippen LogP contribution in [0.4, 0.5) is 0 Å². The first kappa shape index (κ1) is 16.4. The van der Waals surface area contributed by atoms with Crippen molar-refractivity contribution in [3.63, 3.8) is 0 Å². The van der Waals surface area contributed by atoms with Crippen LogP contribution in [0.2, 0.25) is 0 Å². The van der Waals surface area contributed by atoms with Gasteiger partial charge in [0, 0.05) is 6.54 Å². The number of aliphatic hydroxyl groups is 1. The topological polar surface area (TPSA) is 49.8 Å². The fourth-order valence-electron chi connectivity index (χ4n) is 2.90. The maximum absolute atomic E-state index is 11.5. The van der Waals surface area contributed by atoms with Gasteiger partial charge < -0.3 is 9.84 Å². The minimum Gasteiger partial charge on any atom is -0.467 e. The number of esters is 1. The third-order valence-corrected chi connectivity index (χ3v) is 4.20. The molecule has 1 heterocycles. The summed E-state index contributed by atoms with van der Waals surface area (Å²) in [5.74, 6) is 0.157. The zero-order valence-electron chi connectivity index (χ0n) is 13.0. The van der Waals surface area contributed by atoms with E-state index in [0.717, 1.165) is 25.9 Å². The van der Waals surface area contributed by atoms with Gasteiger partial charge in [-0.2, -0.15) is 0 Å². The average molecular weight is 271 g/mol. The summed E-state index contributed by atoms with van der Waals surface area (Å²) < 4.78 is 4.65. The van der Waals surface area contributed by atoms with Crippen molar-refractivity contribution in [2.24, 2.45) is 11.3 Å².